The van der Waals surface area contributed by atoms with E-state index >= 15 is 0 Å². The predicted octanol–water partition coefficient (Wildman–Crippen LogP) is 3.51. The summed E-state index contributed by atoms with van der Waals surface area (Å²) in [7, 11) is 0. The van der Waals surface area contributed by atoms with Gasteiger partial charge in [-0.05, 0) is 46.7 Å². The van der Waals surface area contributed by atoms with Crippen LogP contribution in [-0.4, -0.2) is 11.3 Å². The van der Waals surface area contributed by atoms with E-state index in [1.807, 2.05) is 24.3 Å². The first-order valence-electron chi connectivity index (χ1n) is 4.68. The van der Waals surface area contributed by atoms with Crippen LogP contribution >= 0.6 is 38.5 Å². The zero-order valence-electron chi connectivity index (χ0n) is 8.21. The lowest BCUT2D eigenvalue weighted by Crippen LogP contribution is -2.04. The van der Waals surface area contributed by atoms with Crippen LogP contribution in [0.25, 0.3) is 0 Å². The molecule has 1 aromatic rings. The highest BCUT2D eigenvalue weighted by atomic mass is 127. The van der Waals surface area contributed by atoms with Gasteiger partial charge in [-0.3, -0.25) is 4.79 Å². The molecule has 0 unspecified atom stereocenters. The minimum absolute atomic E-state index is 0.131. The summed E-state index contributed by atoms with van der Waals surface area (Å²) >= 11 is 5.51. The molecular weight excluding hydrogens is 371 g/mol. The molecule has 0 atom stereocenters. The van der Waals surface area contributed by atoms with Crippen molar-refractivity contribution in [1.29, 1.82) is 0 Å². The van der Waals surface area contributed by atoms with Crippen molar-refractivity contribution in [2.24, 2.45) is 0 Å². The van der Waals surface area contributed by atoms with Gasteiger partial charge < -0.3 is 4.74 Å². The molecule has 0 heterocycles. The largest absolute Gasteiger partial charge is 0.461 e. The Morgan fingerprint density at radius 1 is 1.47 bits per heavy atom. The second kappa shape index (κ2) is 7.22. The topological polar surface area (TPSA) is 26.3 Å². The Labute approximate surface area is 112 Å². The van der Waals surface area contributed by atoms with Gasteiger partial charge in [0.05, 0.1) is 0 Å². The lowest BCUT2D eigenvalue weighted by atomic mass is 10.2. The Hall–Kier alpha value is -0.100. The van der Waals surface area contributed by atoms with Crippen LogP contribution in [-0.2, 0) is 16.1 Å². The van der Waals surface area contributed by atoms with Crippen molar-refractivity contribution in [3.05, 3.63) is 33.4 Å². The molecule has 0 radical (unpaired) electrons. The van der Waals surface area contributed by atoms with Crippen LogP contribution in [0.2, 0.25) is 0 Å². The molecule has 1 aromatic carbocycles. The van der Waals surface area contributed by atoms with Gasteiger partial charge in [-0.2, -0.15) is 0 Å². The van der Waals surface area contributed by atoms with Crippen LogP contribution in [0.1, 0.15) is 18.4 Å². The minimum atomic E-state index is -0.131. The Morgan fingerprint density at radius 3 is 2.93 bits per heavy atom. The molecule has 0 aliphatic heterocycles. The van der Waals surface area contributed by atoms with E-state index in [4.69, 9.17) is 4.74 Å². The minimum Gasteiger partial charge on any atom is -0.461 e. The van der Waals surface area contributed by atoms with Crippen LogP contribution < -0.4 is 0 Å². The molecule has 0 saturated heterocycles. The highest BCUT2D eigenvalue weighted by molar-refractivity contribution is 14.1. The van der Waals surface area contributed by atoms with Crippen molar-refractivity contribution in [3.8, 4) is 0 Å². The fraction of sp³-hybridized carbons (Fsp3) is 0.364. The molecule has 15 heavy (non-hydrogen) atoms. The number of hydrogen-bond donors (Lipinski definition) is 0. The lowest BCUT2D eigenvalue weighted by molar-refractivity contribution is -0.144. The molecule has 0 fully saturated rings. The van der Waals surface area contributed by atoms with Gasteiger partial charge in [-0.15, -0.1) is 0 Å². The molecule has 0 saturated carbocycles. The van der Waals surface area contributed by atoms with Crippen molar-refractivity contribution in [1.82, 2.24) is 0 Å². The van der Waals surface area contributed by atoms with Gasteiger partial charge in [0.2, 0.25) is 0 Å². The zero-order valence-corrected chi connectivity index (χ0v) is 12.0. The standard InChI is InChI=1S/C11H12BrIO2/c12-6-2-5-11(14)15-8-9-3-1-4-10(13)7-9/h1,3-4,7H,2,5-6,8H2. The average Bonchev–Trinajstić information content (AvgIpc) is 2.23. The third-order valence-electron chi connectivity index (χ3n) is 1.80. The van der Waals surface area contributed by atoms with Crippen LogP contribution in [0.3, 0.4) is 0 Å². The van der Waals surface area contributed by atoms with E-state index < -0.39 is 0 Å². The molecule has 0 aromatic heterocycles. The van der Waals surface area contributed by atoms with Crippen molar-refractivity contribution in [2.75, 3.05) is 5.33 Å². The van der Waals surface area contributed by atoms with Crippen molar-refractivity contribution >= 4 is 44.5 Å². The fourth-order valence-electron chi connectivity index (χ4n) is 1.07. The van der Waals surface area contributed by atoms with E-state index in [-0.39, 0.29) is 5.97 Å². The van der Waals surface area contributed by atoms with Gasteiger partial charge in [-0.25, -0.2) is 0 Å². The first-order chi connectivity index (χ1) is 7.22. The first-order valence-corrected chi connectivity index (χ1v) is 6.88. The number of carbonyl (C=O) groups is 1. The number of ether oxygens (including phenoxy) is 1. The highest BCUT2D eigenvalue weighted by Crippen LogP contribution is 2.09. The molecule has 4 heteroatoms. The number of hydrogen-bond acceptors (Lipinski definition) is 2. The summed E-state index contributed by atoms with van der Waals surface area (Å²) in [6.07, 6.45) is 1.31. The van der Waals surface area contributed by atoms with E-state index in [0.717, 1.165) is 20.9 Å². The number of esters is 1. The van der Waals surface area contributed by atoms with Crippen LogP contribution in [0, 0.1) is 3.57 Å². The van der Waals surface area contributed by atoms with E-state index in [0.29, 0.717) is 13.0 Å². The first kappa shape index (κ1) is 13.0. The van der Waals surface area contributed by atoms with E-state index in [1.165, 1.54) is 0 Å². The lowest BCUT2D eigenvalue weighted by Gasteiger charge is -2.04. The van der Waals surface area contributed by atoms with Crippen LogP contribution in [0.5, 0.6) is 0 Å². The number of halogens is 2. The SMILES string of the molecule is O=C(CCCBr)OCc1cccc(I)c1. The maximum Gasteiger partial charge on any atom is 0.306 e. The third-order valence-corrected chi connectivity index (χ3v) is 3.04. The molecule has 0 N–H and O–H groups in total. The Balaban J connectivity index is 2.33. The van der Waals surface area contributed by atoms with E-state index in [9.17, 15) is 4.79 Å². The molecule has 1 rings (SSSR count). The van der Waals surface area contributed by atoms with Gasteiger partial charge >= 0.3 is 5.97 Å². The number of benzene rings is 1. The molecule has 0 aliphatic carbocycles. The maximum absolute atomic E-state index is 11.2. The van der Waals surface area contributed by atoms with Gasteiger partial charge in [0.25, 0.3) is 0 Å². The molecular formula is C11H12BrIO2. The van der Waals surface area contributed by atoms with E-state index in [1.54, 1.807) is 0 Å². The summed E-state index contributed by atoms with van der Waals surface area (Å²) < 4.78 is 6.28. The van der Waals surface area contributed by atoms with Crippen molar-refractivity contribution < 1.29 is 9.53 Å². The number of carbonyl (C=O) groups excluding carboxylic acids is 1. The van der Waals surface area contributed by atoms with Crippen LogP contribution in [0.4, 0.5) is 0 Å². The third kappa shape index (κ3) is 5.51. The summed E-state index contributed by atoms with van der Waals surface area (Å²) in [4.78, 5) is 11.2. The second-order valence-electron chi connectivity index (χ2n) is 3.08. The molecule has 0 bridgehead atoms. The van der Waals surface area contributed by atoms with Crippen molar-refractivity contribution in [3.63, 3.8) is 0 Å². The smallest absolute Gasteiger partial charge is 0.306 e. The van der Waals surface area contributed by atoms with E-state index in [2.05, 4.69) is 38.5 Å². The van der Waals surface area contributed by atoms with Crippen molar-refractivity contribution in [2.45, 2.75) is 19.4 Å². The summed E-state index contributed by atoms with van der Waals surface area (Å²) in [5.74, 6) is -0.131. The normalized spacial score (nSPS) is 10.0. The Kier molecular flexibility index (Phi) is 6.24. The van der Waals surface area contributed by atoms with Gasteiger partial charge in [0.15, 0.2) is 0 Å². The maximum atomic E-state index is 11.2. The summed E-state index contributed by atoms with van der Waals surface area (Å²) in [6, 6.07) is 7.94. The van der Waals surface area contributed by atoms with Gasteiger partial charge in [0, 0.05) is 15.3 Å². The summed E-state index contributed by atoms with van der Waals surface area (Å²) in [6.45, 7) is 0.373. The molecule has 2 nitrogen and oxygen atoms in total. The highest BCUT2D eigenvalue weighted by Gasteiger charge is 2.02. The van der Waals surface area contributed by atoms with Gasteiger partial charge in [0.1, 0.15) is 6.61 Å². The predicted molar refractivity (Wildman–Crippen MR) is 72.0 cm³/mol. The summed E-state index contributed by atoms with van der Waals surface area (Å²) in [5.41, 5.74) is 1.04. The molecule has 0 spiro atoms. The van der Waals surface area contributed by atoms with Gasteiger partial charge in [-0.1, -0.05) is 28.1 Å². The number of alkyl halides is 1. The van der Waals surface area contributed by atoms with Crippen LogP contribution in [0.15, 0.2) is 24.3 Å². The monoisotopic (exact) mass is 382 g/mol. The number of rotatable bonds is 5. The molecule has 0 aliphatic rings. The summed E-state index contributed by atoms with van der Waals surface area (Å²) in [5, 5.41) is 0.839. The fourth-order valence-corrected chi connectivity index (χ4v) is 1.96. The molecule has 0 amide bonds. The average molecular weight is 383 g/mol. The zero-order chi connectivity index (χ0) is 11.1. The quantitative estimate of drug-likeness (QED) is 0.442. The molecule has 82 valence electrons. The second-order valence-corrected chi connectivity index (χ2v) is 5.12. The Bertz CT molecular complexity index is 328. The Morgan fingerprint density at radius 2 is 2.27 bits per heavy atom.